The van der Waals surface area contributed by atoms with Gasteiger partial charge in [-0.1, -0.05) is 91.0 Å². The van der Waals surface area contributed by atoms with Gasteiger partial charge in [0.1, 0.15) is 6.61 Å². The van der Waals surface area contributed by atoms with Crippen LogP contribution in [-0.2, 0) is 24.5 Å². The monoisotopic (exact) mass is 545 g/mol. The van der Waals surface area contributed by atoms with Crippen LogP contribution in [0.25, 0.3) is 6.08 Å². The lowest BCUT2D eigenvalue weighted by molar-refractivity contribution is -0.122. The third-order valence-electron chi connectivity index (χ3n) is 6.34. The fourth-order valence-corrected chi connectivity index (χ4v) is 5.25. The second-order valence-corrected chi connectivity index (χ2v) is 10.0. The van der Waals surface area contributed by atoms with Crippen molar-refractivity contribution in [2.75, 3.05) is 7.11 Å². The third-order valence-corrected chi connectivity index (χ3v) is 7.38. The molecule has 0 bridgehead atoms. The second-order valence-electron chi connectivity index (χ2n) is 9.01. The molecule has 7 heteroatoms. The number of hydrogen-bond acceptors (Lipinski definition) is 6. The van der Waals surface area contributed by atoms with E-state index in [2.05, 4.69) is 6.07 Å². The van der Waals surface area contributed by atoms with Gasteiger partial charge < -0.3 is 9.47 Å². The van der Waals surface area contributed by atoms with Gasteiger partial charge in [0, 0.05) is 11.1 Å². The van der Waals surface area contributed by atoms with Gasteiger partial charge in [0.15, 0.2) is 16.7 Å². The molecule has 0 saturated carbocycles. The fraction of sp³-hybridized carbons (Fsp3) is 0.121. The van der Waals surface area contributed by atoms with Crippen molar-refractivity contribution < 1.29 is 14.3 Å². The van der Waals surface area contributed by atoms with Crippen LogP contribution in [0, 0.1) is 11.3 Å². The Morgan fingerprint density at radius 3 is 2.33 bits per heavy atom. The summed E-state index contributed by atoms with van der Waals surface area (Å²) in [7, 11) is 1.58. The lowest BCUT2D eigenvalue weighted by Gasteiger charge is -2.16. The summed E-state index contributed by atoms with van der Waals surface area (Å²) in [5, 5.41) is 10.1. The number of nitriles is 1. The number of ether oxygens (including phenoxy) is 2. The first-order valence-corrected chi connectivity index (χ1v) is 13.6. The number of aliphatic imine (C=N–C) groups is 1. The maximum atomic E-state index is 13.7. The number of hydrogen-bond donors (Lipinski definition) is 0. The number of nitrogens with zero attached hydrogens (tertiary/aromatic N) is 3. The first kappa shape index (κ1) is 26.8. The zero-order chi connectivity index (χ0) is 27.7. The molecule has 0 aliphatic carbocycles. The molecule has 1 saturated heterocycles. The van der Waals surface area contributed by atoms with Crippen molar-refractivity contribution in [2.24, 2.45) is 4.99 Å². The molecule has 5 rings (SSSR count). The van der Waals surface area contributed by atoms with Gasteiger partial charge in [-0.05, 0) is 41.1 Å². The van der Waals surface area contributed by atoms with Crippen LogP contribution in [0.4, 0.5) is 0 Å². The molecular weight excluding hydrogens is 518 g/mol. The summed E-state index contributed by atoms with van der Waals surface area (Å²) < 4.78 is 11.8. The van der Waals surface area contributed by atoms with Crippen LogP contribution in [0.5, 0.6) is 11.5 Å². The molecule has 0 aromatic heterocycles. The highest BCUT2D eigenvalue weighted by Gasteiger charge is 2.33. The van der Waals surface area contributed by atoms with Crippen molar-refractivity contribution in [1.82, 2.24) is 4.90 Å². The minimum absolute atomic E-state index is 0.121. The molecule has 0 atom stereocenters. The van der Waals surface area contributed by atoms with Gasteiger partial charge in [-0.3, -0.25) is 14.7 Å². The van der Waals surface area contributed by atoms with E-state index in [-0.39, 0.29) is 12.5 Å². The largest absolute Gasteiger partial charge is 0.493 e. The van der Waals surface area contributed by atoms with Gasteiger partial charge in [0.05, 0.1) is 36.7 Å². The summed E-state index contributed by atoms with van der Waals surface area (Å²) in [5.41, 5.74) is 4.11. The van der Waals surface area contributed by atoms with E-state index in [1.54, 1.807) is 18.1 Å². The van der Waals surface area contributed by atoms with Gasteiger partial charge in [-0.2, -0.15) is 5.26 Å². The van der Waals surface area contributed by atoms with E-state index in [4.69, 9.17) is 14.5 Å². The fourth-order valence-electron chi connectivity index (χ4n) is 4.28. The molecule has 0 spiro atoms. The third kappa shape index (κ3) is 6.25. The molecule has 198 valence electrons. The van der Waals surface area contributed by atoms with E-state index in [9.17, 15) is 10.1 Å². The quantitative estimate of drug-likeness (QED) is 0.216. The van der Waals surface area contributed by atoms with Crippen molar-refractivity contribution >= 4 is 28.9 Å². The van der Waals surface area contributed by atoms with E-state index in [0.29, 0.717) is 45.8 Å². The smallest absolute Gasteiger partial charge is 0.267 e. The van der Waals surface area contributed by atoms with Crippen LogP contribution in [-0.4, -0.2) is 23.1 Å². The number of amides is 1. The first-order chi connectivity index (χ1) is 19.7. The number of para-hydroxylation sites is 1. The highest BCUT2D eigenvalue weighted by atomic mass is 32.2. The molecule has 0 radical (unpaired) electrons. The zero-order valence-electron chi connectivity index (χ0n) is 22.0. The minimum atomic E-state index is -0.121. The van der Waals surface area contributed by atoms with Crippen molar-refractivity contribution in [3.63, 3.8) is 0 Å². The van der Waals surface area contributed by atoms with Crippen molar-refractivity contribution in [1.29, 1.82) is 5.26 Å². The molecule has 0 N–H and O–H groups in total. The van der Waals surface area contributed by atoms with Crippen LogP contribution < -0.4 is 9.47 Å². The lowest BCUT2D eigenvalue weighted by atomic mass is 10.1. The molecule has 1 fully saturated rings. The van der Waals surface area contributed by atoms with Crippen LogP contribution in [0.3, 0.4) is 0 Å². The Hall–Kier alpha value is -4.80. The number of thioether (sulfide) groups is 1. The second kappa shape index (κ2) is 12.8. The Bertz CT molecular complexity index is 1590. The summed E-state index contributed by atoms with van der Waals surface area (Å²) >= 11 is 1.35. The van der Waals surface area contributed by atoms with Crippen LogP contribution in [0.1, 0.15) is 27.8 Å². The number of carbonyl (C=O) groups excluding carboxylic acids is 1. The molecule has 1 aliphatic heterocycles. The highest BCUT2D eigenvalue weighted by molar-refractivity contribution is 8.18. The zero-order valence-corrected chi connectivity index (χ0v) is 22.8. The number of rotatable bonds is 9. The lowest BCUT2D eigenvalue weighted by Crippen LogP contribution is -2.28. The summed E-state index contributed by atoms with van der Waals surface area (Å²) in [5.74, 6) is 0.922. The molecule has 40 heavy (non-hydrogen) atoms. The topological polar surface area (TPSA) is 74.9 Å². The highest BCUT2D eigenvalue weighted by Crippen LogP contribution is 2.38. The standard InChI is InChI=1S/C33H27N3O3S/c1-38-29-18-10-17-26(31(29)39-23-28-16-9-8-15-27(28)20-34)19-30-32(37)36(22-25-13-6-3-7-14-25)33(40-30)35-21-24-11-4-2-5-12-24/h2-19H,21-23H2,1H3/b30-19-,35-33?. The van der Waals surface area contributed by atoms with Crippen molar-refractivity contribution in [3.05, 3.63) is 136 Å². The van der Waals surface area contributed by atoms with Crippen LogP contribution >= 0.6 is 11.8 Å². The van der Waals surface area contributed by atoms with E-state index in [1.807, 2.05) is 103 Å². The van der Waals surface area contributed by atoms with Gasteiger partial charge >= 0.3 is 0 Å². The Balaban J connectivity index is 1.46. The minimum Gasteiger partial charge on any atom is -0.493 e. The average Bonchev–Trinajstić information content (AvgIpc) is 3.29. The predicted molar refractivity (Wildman–Crippen MR) is 159 cm³/mol. The van der Waals surface area contributed by atoms with Gasteiger partial charge in [-0.15, -0.1) is 0 Å². The van der Waals surface area contributed by atoms with Gasteiger partial charge in [0.25, 0.3) is 5.91 Å². The Labute approximate surface area is 238 Å². The molecule has 4 aromatic rings. The average molecular weight is 546 g/mol. The number of amidine groups is 1. The summed E-state index contributed by atoms with van der Waals surface area (Å²) in [4.78, 5) is 20.8. The summed E-state index contributed by atoms with van der Waals surface area (Å²) in [6, 6.07) is 34.9. The molecular formula is C33H27N3O3S. The predicted octanol–water partition coefficient (Wildman–Crippen LogP) is 6.82. The van der Waals surface area contributed by atoms with E-state index in [0.717, 1.165) is 16.7 Å². The van der Waals surface area contributed by atoms with Crippen molar-refractivity contribution in [3.8, 4) is 17.6 Å². The van der Waals surface area contributed by atoms with E-state index in [1.165, 1.54) is 11.8 Å². The SMILES string of the molecule is COc1cccc(/C=C2\SC(=NCc3ccccc3)N(Cc3ccccc3)C2=O)c1OCc1ccccc1C#N. The normalized spacial score (nSPS) is 14.9. The van der Waals surface area contributed by atoms with Crippen LogP contribution in [0.15, 0.2) is 113 Å². The molecule has 0 unspecified atom stereocenters. The number of benzene rings is 4. The molecule has 1 amide bonds. The molecule has 1 heterocycles. The number of carbonyl (C=O) groups is 1. The van der Waals surface area contributed by atoms with Crippen LogP contribution in [0.2, 0.25) is 0 Å². The van der Waals surface area contributed by atoms with E-state index >= 15 is 0 Å². The molecule has 4 aromatic carbocycles. The van der Waals surface area contributed by atoms with Gasteiger partial charge in [-0.25, -0.2) is 0 Å². The summed E-state index contributed by atoms with van der Waals surface area (Å²) in [6.07, 6.45) is 1.82. The van der Waals surface area contributed by atoms with E-state index < -0.39 is 0 Å². The Morgan fingerprint density at radius 1 is 0.900 bits per heavy atom. The molecule has 1 aliphatic rings. The van der Waals surface area contributed by atoms with Crippen molar-refractivity contribution in [2.45, 2.75) is 19.7 Å². The Kier molecular flexibility index (Phi) is 8.60. The Morgan fingerprint density at radius 2 is 1.60 bits per heavy atom. The van der Waals surface area contributed by atoms with Gasteiger partial charge in [0.2, 0.25) is 0 Å². The first-order valence-electron chi connectivity index (χ1n) is 12.8. The molecule has 6 nitrogen and oxygen atoms in total. The maximum absolute atomic E-state index is 13.7. The maximum Gasteiger partial charge on any atom is 0.267 e. The summed E-state index contributed by atoms with van der Waals surface area (Å²) in [6.45, 7) is 1.08. The number of methoxy groups -OCH3 is 1.